The number of halogens is 2. The first-order valence-corrected chi connectivity index (χ1v) is 12.8. The molecule has 0 aliphatic carbocycles. The fraction of sp³-hybridized carbons (Fsp3) is 0.120. The highest BCUT2D eigenvalue weighted by Gasteiger charge is 2.38. The molecule has 0 aliphatic rings. The summed E-state index contributed by atoms with van der Waals surface area (Å²) in [5.74, 6) is -2.77. The monoisotopic (exact) mass is 551 g/mol. The lowest BCUT2D eigenvalue weighted by atomic mass is 9.98. The number of fused-ring (bicyclic) bond motifs is 2. The zero-order valence-corrected chi connectivity index (χ0v) is 21.1. The van der Waals surface area contributed by atoms with Crippen LogP contribution in [-0.4, -0.2) is 22.4 Å². The van der Waals surface area contributed by atoms with E-state index in [0.29, 0.717) is 37.5 Å². The molecule has 1 atom stereocenters. The number of aromatic nitrogens is 3. The van der Waals surface area contributed by atoms with Gasteiger partial charge in [-0.05, 0) is 61.9 Å². The molecular formula is C25H19BrFN5O2S. The smallest absolute Gasteiger partial charge is 0.268 e. The molecule has 3 aromatic carbocycles. The average Bonchev–Trinajstić information content (AvgIpc) is 3.44. The second-order valence-electron chi connectivity index (χ2n) is 8.38. The van der Waals surface area contributed by atoms with Crippen LogP contribution >= 0.6 is 15.9 Å². The summed E-state index contributed by atoms with van der Waals surface area (Å²) in [6.45, 7) is 3.62. The molecular weight excluding hydrogens is 533 g/mol. The van der Waals surface area contributed by atoms with Crippen LogP contribution in [0.5, 0.6) is 0 Å². The lowest BCUT2D eigenvalue weighted by molar-refractivity contribution is 0.221. The summed E-state index contributed by atoms with van der Waals surface area (Å²) in [6, 6.07) is 16.5. The summed E-state index contributed by atoms with van der Waals surface area (Å²) >= 11 is 3.42. The standard InChI is InChI=1S/C25H19BrFN5O2S/c1-14-3-6-17(7-4-14)35(33,34)32-10-9-18-22(19(26)11-15(2)23(18)32)25(27,29)24-30-20-8-5-16(13-28)12-21(20)31-24/h3-12H,29H2,1-2H3,(H,30,31). The number of nitrogens with two attached hydrogens (primary N) is 1. The Balaban J connectivity index is 1.73. The van der Waals surface area contributed by atoms with Gasteiger partial charge < -0.3 is 4.98 Å². The molecule has 0 spiro atoms. The third kappa shape index (κ3) is 3.63. The number of rotatable bonds is 4. The first kappa shape index (κ1) is 23.2. The summed E-state index contributed by atoms with van der Waals surface area (Å²) in [6.07, 6.45) is 1.40. The van der Waals surface area contributed by atoms with Crippen molar-refractivity contribution in [3.8, 4) is 6.07 Å². The summed E-state index contributed by atoms with van der Waals surface area (Å²) in [7, 11) is -3.95. The van der Waals surface area contributed by atoms with E-state index in [1.54, 1.807) is 43.3 Å². The lowest BCUT2D eigenvalue weighted by Gasteiger charge is -2.22. The average molecular weight is 552 g/mol. The highest BCUT2D eigenvalue weighted by molar-refractivity contribution is 9.10. The van der Waals surface area contributed by atoms with Gasteiger partial charge in [0.25, 0.3) is 10.0 Å². The molecule has 176 valence electrons. The van der Waals surface area contributed by atoms with Crippen molar-refractivity contribution in [3.05, 3.63) is 93.3 Å². The maximum absolute atomic E-state index is 16.4. The predicted octanol–water partition coefficient (Wildman–Crippen LogP) is 5.13. The number of nitrogens with one attached hydrogen (secondary N) is 1. The molecule has 0 bridgehead atoms. The van der Waals surface area contributed by atoms with E-state index in [1.165, 1.54) is 24.4 Å². The Morgan fingerprint density at radius 2 is 1.86 bits per heavy atom. The van der Waals surface area contributed by atoms with E-state index in [1.807, 2.05) is 13.0 Å². The Bertz CT molecular complexity index is 1780. The maximum atomic E-state index is 16.4. The van der Waals surface area contributed by atoms with Crippen LogP contribution < -0.4 is 5.73 Å². The molecule has 0 aliphatic heterocycles. The molecule has 5 rings (SSSR count). The zero-order valence-electron chi connectivity index (χ0n) is 18.7. The van der Waals surface area contributed by atoms with Crippen molar-refractivity contribution >= 4 is 47.9 Å². The van der Waals surface area contributed by atoms with Gasteiger partial charge in [-0.1, -0.05) is 33.6 Å². The Morgan fingerprint density at radius 3 is 2.54 bits per heavy atom. The molecule has 35 heavy (non-hydrogen) atoms. The quantitative estimate of drug-likeness (QED) is 0.300. The number of hydrogen-bond acceptors (Lipinski definition) is 5. The molecule has 2 aromatic heterocycles. The van der Waals surface area contributed by atoms with E-state index in [0.717, 1.165) is 9.54 Å². The van der Waals surface area contributed by atoms with Crippen molar-refractivity contribution in [2.24, 2.45) is 5.73 Å². The number of aromatic amines is 1. The summed E-state index contributed by atoms with van der Waals surface area (Å²) in [5, 5.41) is 9.48. The number of benzene rings is 3. The highest BCUT2D eigenvalue weighted by Crippen LogP contribution is 2.41. The SMILES string of the molecule is Cc1ccc(S(=O)(=O)n2ccc3c(C(N)(F)c4nc5ccc(C#N)cc5[nH]4)c(Br)cc(C)c32)cc1. The Morgan fingerprint density at radius 1 is 1.14 bits per heavy atom. The van der Waals surface area contributed by atoms with Gasteiger partial charge in [0.1, 0.15) is 0 Å². The Kier molecular flexibility index (Phi) is 5.32. The molecule has 0 amide bonds. The number of nitriles is 1. The van der Waals surface area contributed by atoms with Gasteiger partial charge in [-0.25, -0.2) is 21.8 Å². The van der Waals surface area contributed by atoms with E-state index >= 15 is 4.39 Å². The Hall–Kier alpha value is -3.52. The molecule has 5 aromatic rings. The first-order chi connectivity index (χ1) is 16.5. The summed E-state index contributed by atoms with van der Waals surface area (Å²) in [5.41, 5.74) is 9.46. The molecule has 1 unspecified atom stereocenters. The predicted molar refractivity (Wildman–Crippen MR) is 135 cm³/mol. The normalized spacial score (nSPS) is 13.7. The lowest BCUT2D eigenvalue weighted by Crippen LogP contribution is -2.34. The van der Waals surface area contributed by atoms with E-state index in [-0.39, 0.29) is 16.3 Å². The van der Waals surface area contributed by atoms with E-state index in [9.17, 15) is 8.42 Å². The van der Waals surface area contributed by atoms with Gasteiger partial charge in [0.2, 0.25) is 5.79 Å². The van der Waals surface area contributed by atoms with Crippen LogP contribution in [-0.2, 0) is 15.8 Å². The van der Waals surface area contributed by atoms with Crippen LogP contribution in [0, 0.1) is 25.2 Å². The fourth-order valence-corrected chi connectivity index (χ4v) is 6.48. The highest BCUT2D eigenvalue weighted by atomic mass is 79.9. The Labute approximate surface area is 209 Å². The van der Waals surface area contributed by atoms with Gasteiger partial charge in [-0.3, -0.25) is 5.73 Å². The maximum Gasteiger partial charge on any atom is 0.268 e. The van der Waals surface area contributed by atoms with Gasteiger partial charge in [0.05, 0.1) is 33.1 Å². The van der Waals surface area contributed by atoms with Crippen molar-refractivity contribution in [1.82, 2.24) is 13.9 Å². The largest absolute Gasteiger partial charge is 0.338 e. The number of alkyl halides is 1. The number of H-pyrrole nitrogens is 1. The molecule has 0 saturated heterocycles. The van der Waals surface area contributed by atoms with Crippen molar-refractivity contribution in [3.63, 3.8) is 0 Å². The van der Waals surface area contributed by atoms with Crippen molar-refractivity contribution in [2.45, 2.75) is 24.5 Å². The minimum Gasteiger partial charge on any atom is -0.338 e. The third-order valence-corrected chi connectivity index (χ3v) is 8.29. The topological polar surface area (TPSA) is 118 Å². The van der Waals surface area contributed by atoms with Crippen molar-refractivity contribution in [1.29, 1.82) is 5.26 Å². The number of hydrogen-bond donors (Lipinski definition) is 2. The van der Waals surface area contributed by atoms with Gasteiger partial charge in [0, 0.05) is 21.6 Å². The fourth-order valence-electron chi connectivity index (χ4n) is 4.23. The van der Waals surface area contributed by atoms with E-state index in [2.05, 4.69) is 25.9 Å². The van der Waals surface area contributed by atoms with Crippen LogP contribution in [0.15, 0.2) is 70.2 Å². The minimum atomic E-state index is -3.95. The molecule has 0 fully saturated rings. The van der Waals surface area contributed by atoms with Crippen LogP contribution in [0.1, 0.15) is 28.1 Å². The minimum absolute atomic E-state index is 0.0375. The van der Waals surface area contributed by atoms with Crippen LogP contribution in [0.3, 0.4) is 0 Å². The van der Waals surface area contributed by atoms with Crippen LogP contribution in [0.4, 0.5) is 4.39 Å². The summed E-state index contributed by atoms with van der Waals surface area (Å²) < 4.78 is 44.8. The van der Waals surface area contributed by atoms with Gasteiger partial charge in [-0.15, -0.1) is 0 Å². The van der Waals surface area contributed by atoms with E-state index < -0.39 is 15.8 Å². The molecule has 7 nitrogen and oxygen atoms in total. The zero-order chi connectivity index (χ0) is 25.1. The molecule has 10 heteroatoms. The number of aryl methyl sites for hydroxylation is 2. The molecule has 3 N–H and O–H groups in total. The second-order valence-corrected chi connectivity index (χ2v) is 11.1. The van der Waals surface area contributed by atoms with Gasteiger partial charge >= 0.3 is 0 Å². The van der Waals surface area contributed by atoms with Gasteiger partial charge in [-0.2, -0.15) is 5.26 Å². The van der Waals surface area contributed by atoms with E-state index in [4.69, 9.17) is 11.0 Å². The van der Waals surface area contributed by atoms with Crippen LogP contribution in [0.2, 0.25) is 0 Å². The van der Waals surface area contributed by atoms with Gasteiger partial charge in [0.15, 0.2) is 5.82 Å². The number of imidazole rings is 1. The van der Waals surface area contributed by atoms with Crippen molar-refractivity contribution in [2.75, 3.05) is 0 Å². The molecule has 0 radical (unpaired) electrons. The van der Waals surface area contributed by atoms with Crippen LogP contribution in [0.25, 0.3) is 21.9 Å². The molecule has 0 saturated carbocycles. The number of nitrogens with zero attached hydrogens (tertiary/aromatic N) is 3. The molecule has 2 heterocycles. The summed E-state index contributed by atoms with van der Waals surface area (Å²) in [4.78, 5) is 7.30. The second kappa shape index (κ2) is 8.02. The third-order valence-electron chi connectivity index (χ3n) is 5.97. The first-order valence-electron chi connectivity index (χ1n) is 10.5. The van der Waals surface area contributed by atoms with Crippen molar-refractivity contribution < 1.29 is 12.8 Å².